The fraction of sp³-hybridized carbons (Fsp3) is 0.333. The molecule has 1 heterocycles. The summed E-state index contributed by atoms with van der Waals surface area (Å²) >= 11 is 3.33. The third-order valence-electron chi connectivity index (χ3n) is 3.73. The summed E-state index contributed by atoms with van der Waals surface area (Å²) in [6.07, 6.45) is 4.44. The zero-order valence-electron chi connectivity index (χ0n) is 10.8. The molecule has 0 bridgehead atoms. The van der Waals surface area contributed by atoms with E-state index in [2.05, 4.69) is 25.9 Å². The van der Waals surface area contributed by atoms with E-state index in [1.54, 1.807) is 12.1 Å². The molecule has 104 valence electrons. The fourth-order valence-electron chi connectivity index (χ4n) is 2.72. The Morgan fingerprint density at radius 3 is 2.75 bits per heavy atom. The lowest BCUT2D eigenvalue weighted by Crippen LogP contribution is -2.15. The van der Waals surface area contributed by atoms with Gasteiger partial charge in [0.05, 0.1) is 5.69 Å². The number of nitrogens with zero attached hydrogens (tertiary/aromatic N) is 1. The molecule has 1 saturated carbocycles. The van der Waals surface area contributed by atoms with E-state index in [1.165, 1.54) is 25.0 Å². The number of hydrogen-bond acceptors (Lipinski definition) is 2. The van der Waals surface area contributed by atoms with Crippen molar-refractivity contribution >= 4 is 15.9 Å². The Labute approximate surface area is 124 Å². The van der Waals surface area contributed by atoms with Crippen molar-refractivity contribution < 1.29 is 4.39 Å². The van der Waals surface area contributed by atoms with E-state index in [0.29, 0.717) is 21.8 Å². The minimum Gasteiger partial charge on any atom is -0.306 e. The number of nitrogens with one attached hydrogen (secondary N) is 1. The van der Waals surface area contributed by atoms with E-state index in [-0.39, 0.29) is 11.4 Å². The van der Waals surface area contributed by atoms with E-state index < -0.39 is 0 Å². The second-order valence-electron chi connectivity index (χ2n) is 5.11. The van der Waals surface area contributed by atoms with Crippen LogP contribution in [0.25, 0.3) is 11.4 Å². The second-order valence-corrected chi connectivity index (χ2v) is 5.90. The van der Waals surface area contributed by atoms with Crippen molar-refractivity contribution in [1.29, 1.82) is 0 Å². The smallest absolute Gasteiger partial charge is 0.265 e. The van der Waals surface area contributed by atoms with Crippen molar-refractivity contribution in [3.05, 3.63) is 50.6 Å². The third-order valence-corrected chi connectivity index (χ3v) is 4.49. The molecule has 20 heavy (non-hydrogen) atoms. The van der Waals surface area contributed by atoms with Gasteiger partial charge in [-0.3, -0.25) is 4.79 Å². The summed E-state index contributed by atoms with van der Waals surface area (Å²) in [4.78, 5) is 19.3. The van der Waals surface area contributed by atoms with Crippen LogP contribution in [-0.2, 0) is 0 Å². The highest BCUT2D eigenvalue weighted by atomic mass is 79.9. The van der Waals surface area contributed by atoms with Gasteiger partial charge in [-0.1, -0.05) is 25.0 Å². The van der Waals surface area contributed by atoms with Crippen LogP contribution in [0.5, 0.6) is 0 Å². The van der Waals surface area contributed by atoms with E-state index in [1.807, 2.05) is 0 Å². The molecule has 1 fully saturated rings. The number of aromatic nitrogens is 2. The molecule has 0 aliphatic heterocycles. The van der Waals surface area contributed by atoms with Crippen LogP contribution < -0.4 is 5.56 Å². The Kier molecular flexibility index (Phi) is 3.70. The predicted molar refractivity (Wildman–Crippen MR) is 79.2 cm³/mol. The van der Waals surface area contributed by atoms with E-state index in [0.717, 1.165) is 18.5 Å². The van der Waals surface area contributed by atoms with Crippen LogP contribution in [-0.4, -0.2) is 9.97 Å². The van der Waals surface area contributed by atoms with Crippen molar-refractivity contribution in [3.8, 4) is 11.4 Å². The minimum absolute atomic E-state index is 0.207. The molecule has 0 radical (unpaired) electrons. The van der Waals surface area contributed by atoms with Gasteiger partial charge >= 0.3 is 0 Å². The van der Waals surface area contributed by atoms with E-state index in [4.69, 9.17) is 0 Å². The molecular weight excluding hydrogens is 323 g/mol. The Balaban J connectivity index is 2.11. The van der Waals surface area contributed by atoms with Crippen molar-refractivity contribution in [2.24, 2.45) is 0 Å². The van der Waals surface area contributed by atoms with E-state index in [9.17, 15) is 9.18 Å². The molecule has 1 aliphatic carbocycles. The Morgan fingerprint density at radius 2 is 2.05 bits per heavy atom. The van der Waals surface area contributed by atoms with Crippen molar-refractivity contribution in [2.75, 3.05) is 0 Å². The first-order valence-electron chi connectivity index (χ1n) is 6.71. The highest BCUT2D eigenvalue weighted by molar-refractivity contribution is 9.10. The molecule has 1 N–H and O–H groups in total. The quantitative estimate of drug-likeness (QED) is 0.900. The van der Waals surface area contributed by atoms with Crippen molar-refractivity contribution in [3.63, 3.8) is 0 Å². The number of aromatic amines is 1. The molecule has 2 aromatic rings. The highest BCUT2D eigenvalue weighted by Crippen LogP contribution is 2.35. The first-order chi connectivity index (χ1) is 9.65. The minimum atomic E-state index is -0.338. The van der Waals surface area contributed by atoms with Crippen LogP contribution >= 0.6 is 15.9 Å². The largest absolute Gasteiger partial charge is 0.306 e. The standard InChI is InChI=1S/C15H14BrFN2O/c16-12-13(9-4-1-2-5-9)18-14(19-15(12)20)10-6-3-7-11(17)8-10/h3,6-9H,1-2,4-5H2,(H,18,19,20). The Bertz CT molecular complexity index is 693. The van der Waals surface area contributed by atoms with Crippen LogP contribution in [0.3, 0.4) is 0 Å². The van der Waals surface area contributed by atoms with Crippen LogP contribution in [0, 0.1) is 5.82 Å². The predicted octanol–water partition coefficient (Wildman–Crippen LogP) is 4.00. The van der Waals surface area contributed by atoms with Crippen molar-refractivity contribution in [1.82, 2.24) is 9.97 Å². The summed E-state index contributed by atoms with van der Waals surface area (Å²) in [5, 5.41) is 0. The summed E-state index contributed by atoms with van der Waals surface area (Å²) in [5.41, 5.74) is 1.18. The number of H-pyrrole nitrogens is 1. The average molecular weight is 337 g/mol. The first kappa shape index (κ1) is 13.5. The lowest BCUT2D eigenvalue weighted by molar-refractivity contribution is 0.628. The lowest BCUT2D eigenvalue weighted by Gasteiger charge is -2.12. The van der Waals surface area contributed by atoms with Crippen LogP contribution in [0.4, 0.5) is 4.39 Å². The van der Waals surface area contributed by atoms with Gasteiger partial charge in [0.2, 0.25) is 0 Å². The molecule has 1 aromatic heterocycles. The molecule has 0 atom stereocenters. The maximum Gasteiger partial charge on any atom is 0.265 e. The normalized spacial score (nSPS) is 15.7. The maximum atomic E-state index is 13.3. The van der Waals surface area contributed by atoms with E-state index >= 15 is 0 Å². The number of hydrogen-bond donors (Lipinski definition) is 1. The molecule has 3 rings (SSSR count). The van der Waals surface area contributed by atoms with Gasteiger partial charge in [0.15, 0.2) is 0 Å². The van der Waals surface area contributed by atoms with Gasteiger partial charge in [-0.25, -0.2) is 9.37 Å². The zero-order valence-corrected chi connectivity index (χ0v) is 12.4. The third kappa shape index (κ3) is 2.54. The average Bonchev–Trinajstić information content (AvgIpc) is 2.95. The Hall–Kier alpha value is -1.49. The van der Waals surface area contributed by atoms with Crippen molar-refractivity contribution in [2.45, 2.75) is 31.6 Å². The number of benzene rings is 1. The molecule has 0 saturated heterocycles. The topological polar surface area (TPSA) is 45.8 Å². The molecular formula is C15H14BrFN2O. The molecule has 1 aliphatic rings. The summed E-state index contributed by atoms with van der Waals surface area (Å²) < 4.78 is 13.8. The zero-order chi connectivity index (χ0) is 14.1. The summed E-state index contributed by atoms with van der Waals surface area (Å²) in [6.45, 7) is 0. The number of rotatable bonds is 2. The molecule has 3 nitrogen and oxygen atoms in total. The van der Waals surface area contributed by atoms with Gasteiger partial charge in [0.25, 0.3) is 5.56 Å². The van der Waals surface area contributed by atoms with Crippen LogP contribution in [0.1, 0.15) is 37.3 Å². The summed E-state index contributed by atoms with van der Waals surface area (Å²) in [6, 6.07) is 6.11. The fourth-order valence-corrected chi connectivity index (χ4v) is 3.23. The monoisotopic (exact) mass is 336 g/mol. The summed E-state index contributed by atoms with van der Waals surface area (Å²) in [5.74, 6) is 0.411. The van der Waals surface area contributed by atoms with Gasteiger partial charge in [-0.15, -0.1) is 0 Å². The first-order valence-corrected chi connectivity index (χ1v) is 7.50. The van der Waals surface area contributed by atoms with Gasteiger partial charge < -0.3 is 4.98 Å². The molecule has 0 unspecified atom stereocenters. The molecule has 0 spiro atoms. The lowest BCUT2D eigenvalue weighted by atomic mass is 10.0. The van der Waals surface area contributed by atoms with Gasteiger partial charge in [0, 0.05) is 11.5 Å². The summed E-state index contributed by atoms with van der Waals surface area (Å²) in [7, 11) is 0. The number of halogens is 2. The molecule has 1 aromatic carbocycles. The van der Waals surface area contributed by atoms with Gasteiger partial charge in [-0.05, 0) is 40.9 Å². The molecule has 5 heteroatoms. The second kappa shape index (κ2) is 5.48. The maximum absolute atomic E-state index is 13.3. The van der Waals surface area contributed by atoms with Crippen LogP contribution in [0.2, 0.25) is 0 Å². The van der Waals surface area contributed by atoms with Gasteiger partial charge in [0.1, 0.15) is 16.1 Å². The highest BCUT2D eigenvalue weighted by Gasteiger charge is 2.23. The molecule has 0 amide bonds. The SMILES string of the molecule is O=c1[nH]c(-c2cccc(F)c2)nc(C2CCCC2)c1Br. The Morgan fingerprint density at radius 1 is 1.30 bits per heavy atom. The van der Waals surface area contributed by atoms with Gasteiger partial charge in [-0.2, -0.15) is 0 Å². The van der Waals surface area contributed by atoms with Crippen LogP contribution in [0.15, 0.2) is 33.5 Å².